The van der Waals surface area contributed by atoms with Crippen molar-refractivity contribution in [3.63, 3.8) is 0 Å². The van der Waals surface area contributed by atoms with Crippen molar-refractivity contribution < 1.29 is 4.79 Å². The number of rotatable bonds is 3. The number of carbonyl (C=O) groups excluding carboxylic acids is 1. The van der Waals surface area contributed by atoms with E-state index in [0.29, 0.717) is 21.8 Å². The minimum Gasteiger partial charge on any atom is -0.389 e. The molecule has 21 heavy (non-hydrogen) atoms. The van der Waals surface area contributed by atoms with Crippen LogP contribution in [0.2, 0.25) is 5.02 Å². The lowest BCUT2D eigenvalue weighted by Crippen LogP contribution is -2.15. The van der Waals surface area contributed by atoms with E-state index in [0.717, 1.165) is 11.1 Å². The Morgan fingerprint density at radius 2 is 1.90 bits per heavy atom. The van der Waals surface area contributed by atoms with Crippen molar-refractivity contribution in [3.05, 3.63) is 63.7 Å². The minimum atomic E-state index is -0.213. The normalized spacial score (nSPS) is 10.2. The number of nitrogens with one attached hydrogen (secondary N) is 1. The Bertz CT molecular complexity index is 728. The fourth-order valence-corrected chi connectivity index (χ4v) is 2.32. The molecule has 0 aliphatic rings. The van der Waals surface area contributed by atoms with E-state index in [1.807, 2.05) is 26.0 Å². The molecule has 0 fully saturated rings. The van der Waals surface area contributed by atoms with Gasteiger partial charge >= 0.3 is 0 Å². The van der Waals surface area contributed by atoms with Gasteiger partial charge in [0.1, 0.15) is 4.99 Å². The molecule has 0 radical (unpaired) electrons. The molecule has 1 amide bonds. The number of benzene rings is 2. The average molecular weight is 319 g/mol. The number of aryl methyl sites for hydroxylation is 2. The summed E-state index contributed by atoms with van der Waals surface area (Å²) in [4.78, 5) is 12.6. The maximum absolute atomic E-state index is 12.3. The van der Waals surface area contributed by atoms with Crippen LogP contribution in [0.3, 0.4) is 0 Å². The van der Waals surface area contributed by atoms with Gasteiger partial charge in [0.2, 0.25) is 0 Å². The minimum absolute atomic E-state index is 0.213. The van der Waals surface area contributed by atoms with Gasteiger partial charge in [-0.2, -0.15) is 0 Å². The van der Waals surface area contributed by atoms with E-state index in [1.54, 1.807) is 24.3 Å². The van der Waals surface area contributed by atoms with Crippen LogP contribution in [0.15, 0.2) is 36.4 Å². The zero-order valence-electron chi connectivity index (χ0n) is 11.7. The van der Waals surface area contributed by atoms with Crippen LogP contribution >= 0.6 is 23.8 Å². The van der Waals surface area contributed by atoms with Gasteiger partial charge in [-0.15, -0.1) is 0 Å². The van der Waals surface area contributed by atoms with Gasteiger partial charge in [0.25, 0.3) is 5.91 Å². The third-order valence-electron chi connectivity index (χ3n) is 3.13. The molecule has 0 aromatic heterocycles. The summed E-state index contributed by atoms with van der Waals surface area (Å²) in [5.41, 5.74) is 9.37. The molecule has 0 bridgehead atoms. The first-order chi connectivity index (χ1) is 9.88. The molecule has 0 saturated carbocycles. The number of halogens is 1. The van der Waals surface area contributed by atoms with E-state index >= 15 is 0 Å². The van der Waals surface area contributed by atoms with Crippen molar-refractivity contribution in [1.29, 1.82) is 0 Å². The molecule has 2 aromatic rings. The lowest BCUT2D eigenvalue weighted by atomic mass is 10.1. The summed E-state index contributed by atoms with van der Waals surface area (Å²) < 4.78 is 0. The van der Waals surface area contributed by atoms with Gasteiger partial charge in [-0.05, 0) is 37.6 Å². The highest BCUT2D eigenvalue weighted by Crippen LogP contribution is 2.24. The smallest absolute Gasteiger partial charge is 0.255 e. The predicted molar refractivity (Wildman–Crippen MR) is 91.2 cm³/mol. The molecule has 108 valence electrons. The number of carbonyl (C=O) groups is 1. The molecule has 5 heteroatoms. The molecule has 0 spiro atoms. The third kappa shape index (κ3) is 3.60. The Morgan fingerprint density at radius 3 is 2.52 bits per heavy atom. The van der Waals surface area contributed by atoms with E-state index in [2.05, 4.69) is 5.32 Å². The Hall–Kier alpha value is -1.91. The molecule has 0 aliphatic carbocycles. The molecule has 0 heterocycles. The number of hydrogen-bond donors (Lipinski definition) is 2. The molecule has 0 unspecified atom stereocenters. The number of amides is 1. The first-order valence-corrected chi connectivity index (χ1v) is 7.15. The van der Waals surface area contributed by atoms with E-state index in [9.17, 15) is 4.79 Å². The summed E-state index contributed by atoms with van der Waals surface area (Å²) >= 11 is 11.0. The van der Waals surface area contributed by atoms with E-state index in [-0.39, 0.29) is 10.9 Å². The van der Waals surface area contributed by atoms with Crippen molar-refractivity contribution in [2.45, 2.75) is 13.8 Å². The van der Waals surface area contributed by atoms with Gasteiger partial charge in [0.15, 0.2) is 0 Å². The van der Waals surface area contributed by atoms with Crippen LogP contribution in [0.25, 0.3) is 0 Å². The number of thiocarbonyl (C=S) groups is 1. The Labute approximate surface area is 134 Å². The molecule has 2 aromatic carbocycles. The number of nitrogens with two attached hydrogens (primary N) is 1. The predicted octanol–water partition coefficient (Wildman–Crippen LogP) is 3.84. The quantitative estimate of drug-likeness (QED) is 0.845. The van der Waals surface area contributed by atoms with Crippen molar-refractivity contribution in [1.82, 2.24) is 0 Å². The topological polar surface area (TPSA) is 55.1 Å². The van der Waals surface area contributed by atoms with Crippen molar-refractivity contribution in [2.24, 2.45) is 5.73 Å². The van der Waals surface area contributed by atoms with Crippen LogP contribution in [0, 0.1) is 13.8 Å². The summed E-state index contributed by atoms with van der Waals surface area (Å²) in [7, 11) is 0. The van der Waals surface area contributed by atoms with Crippen molar-refractivity contribution in [3.8, 4) is 0 Å². The molecule has 0 atom stereocenters. The SMILES string of the molecule is Cc1ccc(C(=O)Nc2cc(C(N)=S)ccc2Cl)c(C)c1. The highest BCUT2D eigenvalue weighted by molar-refractivity contribution is 7.80. The summed E-state index contributed by atoms with van der Waals surface area (Å²) in [6.07, 6.45) is 0. The van der Waals surface area contributed by atoms with Crippen molar-refractivity contribution >= 4 is 40.4 Å². The Kier molecular flexibility index (Phi) is 4.60. The summed E-state index contributed by atoms with van der Waals surface area (Å²) in [6, 6.07) is 10.7. The summed E-state index contributed by atoms with van der Waals surface area (Å²) in [5.74, 6) is -0.213. The summed E-state index contributed by atoms with van der Waals surface area (Å²) in [6.45, 7) is 3.88. The fourth-order valence-electron chi connectivity index (χ4n) is 2.03. The molecular formula is C16H15ClN2OS. The Balaban J connectivity index is 2.31. The van der Waals surface area contributed by atoms with Crippen LogP contribution in [-0.4, -0.2) is 10.9 Å². The van der Waals surface area contributed by atoms with Gasteiger partial charge < -0.3 is 11.1 Å². The fraction of sp³-hybridized carbons (Fsp3) is 0.125. The number of anilines is 1. The van der Waals surface area contributed by atoms with Crippen LogP contribution < -0.4 is 11.1 Å². The molecular weight excluding hydrogens is 304 g/mol. The second-order valence-corrected chi connectivity index (χ2v) is 5.68. The first kappa shape index (κ1) is 15.5. The van der Waals surface area contributed by atoms with Gasteiger partial charge in [0.05, 0.1) is 10.7 Å². The highest BCUT2D eigenvalue weighted by atomic mass is 35.5. The zero-order chi connectivity index (χ0) is 15.6. The molecule has 2 rings (SSSR count). The monoisotopic (exact) mass is 318 g/mol. The third-order valence-corrected chi connectivity index (χ3v) is 3.69. The van der Waals surface area contributed by atoms with Crippen LogP contribution in [0.5, 0.6) is 0 Å². The van der Waals surface area contributed by atoms with Crippen LogP contribution in [0.1, 0.15) is 27.0 Å². The van der Waals surface area contributed by atoms with E-state index in [4.69, 9.17) is 29.6 Å². The highest BCUT2D eigenvalue weighted by Gasteiger charge is 2.12. The second kappa shape index (κ2) is 6.24. The first-order valence-electron chi connectivity index (χ1n) is 6.36. The van der Waals surface area contributed by atoms with Gasteiger partial charge in [-0.3, -0.25) is 4.79 Å². The largest absolute Gasteiger partial charge is 0.389 e. The van der Waals surface area contributed by atoms with Gasteiger partial charge in [-0.25, -0.2) is 0 Å². The lowest BCUT2D eigenvalue weighted by Gasteiger charge is -2.11. The second-order valence-electron chi connectivity index (χ2n) is 4.83. The van der Waals surface area contributed by atoms with Crippen LogP contribution in [-0.2, 0) is 0 Å². The maximum atomic E-state index is 12.3. The average Bonchev–Trinajstić information content (AvgIpc) is 2.40. The van der Waals surface area contributed by atoms with Crippen LogP contribution in [0.4, 0.5) is 5.69 Å². The van der Waals surface area contributed by atoms with E-state index in [1.165, 1.54) is 0 Å². The molecule has 3 nitrogen and oxygen atoms in total. The van der Waals surface area contributed by atoms with Crippen molar-refractivity contribution in [2.75, 3.05) is 5.32 Å². The number of hydrogen-bond acceptors (Lipinski definition) is 2. The lowest BCUT2D eigenvalue weighted by molar-refractivity contribution is 0.102. The van der Waals surface area contributed by atoms with Gasteiger partial charge in [0, 0.05) is 11.1 Å². The molecule has 0 saturated heterocycles. The molecule has 0 aliphatic heterocycles. The summed E-state index contributed by atoms with van der Waals surface area (Å²) in [5, 5.41) is 3.23. The zero-order valence-corrected chi connectivity index (χ0v) is 13.3. The molecule has 3 N–H and O–H groups in total. The van der Waals surface area contributed by atoms with Gasteiger partial charge in [-0.1, -0.05) is 47.6 Å². The maximum Gasteiger partial charge on any atom is 0.255 e. The van der Waals surface area contributed by atoms with E-state index < -0.39 is 0 Å². The standard InChI is InChI=1S/C16H15ClN2OS/c1-9-3-5-12(10(2)7-9)16(20)19-14-8-11(15(18)21)4-6-13(14)17/h3-8H,1-2H3,(H2,18,21)(H,19,20). The Morgan fingerprint density at radius 1 is 1.19 bits per heavy atom.